The SMILES string of the molecule is CCN(CC)CCCn1c(-c2ccc(COc3c(F)c(F)cc(F)c3F)cc2)n[nH]c1=S. The molecule has 5 nitrogen and oxygen atoms in total. The van der Waals surface area contributed by atoms with Gasteiger partial charge in [-0.2, -0.15) is 13.9 Å². The van der Waals surface area contributed by atoms with E-state index >= 15 is 0 Å². The number of nitrogens with one attached hydrogen (secondary N) is 1. The second kappa shape index (κ2) is 10.7. The maximum atomic E-state index is 13.7. The van der Waals surface area contributed by atoms with Gasteiger partial charge in [-0.1, -0.05) is 38.1 Å². The molecule has 0 saturated carbocycles. The summed E-state index contributed by atoms with van der Waals surface area (Å²) < 4.78 is 61.6. The van der Waals surface area contributed by atoms with Crippen LogP contribution in [0.4, 0.5) is 17.6 Å². The van der Waals surface area contributed by atoms with E-state index in [0.717, 1.165) is 31.6 Å². The highest BCUT2D eigenvalue weighted by Crippen LogP contribution is 2.27. The number of hydrogen-bond donors (Lipinski definition) is 1. The van der Waals surface area contributed by atoms with E-state index in [4.69, 9.17) is 17.0 Å². The zero-order valence-electron chi connectivity index (χ0n) is 17.8. The molecule has 0 spiro atoms. The van der Waals surface area contributed by atoms with E-state index in [-0.39, 0.29) is 12.7 Å². The molecular weight excluding hydrogens is 444 g/mol. The fourth-order valence-corrected chi connectivity index (χ4v) is 3.54. The van der Waals surface area contributed by atoms with Crippen LogP contribution in [0.5, 0.6) is 5.75 Å². The summed E-state index contributed by atoms with van der Waals surface area (Å²) in [6, 6.07) is 7.03. The lowest BCUT2D eigenvalue weighted by Gasteiger charge is -2.18. The van der Waals surface area contributed by atoms with Crippen LogP contribution in [0.1, 0.15) is 25.8 Å². The molecule has 3 aromatic rings. The maximum absolute atomic E-state index is 13.7. The molecule has 0 bridgehead atoms. The predicted molar refractivity (Wildman–Crippen MR) is 116 cm³/mol. The minimum absolute atomic E-state index is 0.140. The Kier molecular flexibility index (Phi) is 8.03. The number of aromatic amines is 1. The van der Waals surface area contributed by atoms with Crippen molar-refractivity contribution in [3.05, 3.63) is 63.9 Å². The van der Waals surface area contributed by atoms with Crippen molar-refractivity contribution in [1.82, 2.24) is 19.7 Å². The third kappa shape index (κ3) is 5.36. The summed E-state index contributed by atoms with van der Waals surface area (Å²) in [5.74, 6) is -6.58. The van der Waals surface area contributed by atoms with Gasteiger partial charge in [-0.3, -0.25) is 5.10 Å². The van der Waals surface area contributed by atoms with Crippen molar-refractivity contribution in [2.75, 3.05) is 19.6 Å². The largest absolute Gasteiger partial charge is 0.483 e. The molecule has 0 saturated heterocycles. The topological polar surface area (TPSA) is 46.1 Å². The molecule has 0 fully saturated rings. The van der Waals surface area contributed by atoms with Crippen LogP contribution in [0, 0.1) is 28.0 Å². The van der Waals surface area contributed by atoms with Crippen LogP contribution >= 0.6 is 12.2 Å². The minimum Gasteiger partial charge on any atom is -0.483 e. The summed E-state index contributed by atoms with van der Waals surface area (Å²) >= 11 is 5.35. The smallest absolute Gasteiger partial charge is 0.203 e. The van der Waals surface area contributed by atoms with Crippen LogP contribution in [0.2, 0.25) is 0 Å². The Bertz CT molecular complexity index is 1080. The van der Waals surface area contributed by atoms with Gasteiger partial charge in [0.1, 0.15) is 6.61 Å². The maximum Gasteiger partial charge on any atom is 0.203 e. The van der Waals surface area contributed by atoms with Crippen LogP contribution in [0.3, 0.4) is 0 Å². The Morgan fingerprint density at radius 2 is 1.66 bits per heavy atom. The van der Waals surface area contributed by atoms with E-state index in [0.29, 0.717) is 22.7 Å². The summed E-state index contributed by atoms with van der Waals surface area (Å²) in [7, 11) is 0. The van der Waals surface area contributed by atoms with Crippen molar-refractivity contribution >= 4 is 12.2 Å². The van der Waals surface area contributed by atoms with Gasteiger partial charge in [0, 0.05) is 18.2 Å². The molecule has 1 N–H and O–H groups in total. The van der Waals surface area contributed by atoms with Gasteiger partial charge in [0.15, 0.2) is 28.0 Å². The first kappa shape index (κ1) is 23.9. The van der Waals surface area contributed by atoms with Gasteiger partial charge in [-0.05, 0) is 43.8 Å². The van der Waals surface area contributed by atoms with Crippen LogP contribution in [-0.2, 0) is 13.2 Å². The van der Waals surface area contributed by atoms with Crippen LogP contribution < -0.4 is 4.74 Å². The van der Waals surface area contributed by atoms with Gasteiger partial charge in [0.25, 0.3) is 0 Å². The zero-order valence-corrected chi connectivity index (χ0v) is 18.6. The van der Waals surface area contributed by atoms with Gasteiger partial charge < -0.3 is 14.2 Å². The van der Waals surface area contributed by atoms with Gasteiger partial charge >= 0.3 is 0 Å². The summed E-state index contributed by atoms with van der Waals surface area (Å²) in [4.78, 5) is 2.33. The van der Waals surface area contributed by atoms with E-state index in [2.05, 4.69) is 28.9 Å². The lowest BCUT2D eigenvalue weighted by atomic mass is 10.1. The third-order valence-corrected chi connectivity index (χ3v) is 5.49. The molecule has 0 aliphatic rings. The Morgan fingerprint density at radius 3 is 2.25 bits per heavy atom. The fraction of sp³-hybridized carbons (Fsp3) is 0.364. The Morgan fingerprint density at radius 1 is 1.03 bits per heavy atom. The van der Waals surface area contributed by atoms with Gasteiger partial charge in [0.05, 0.1) is 0 Å². The number of H-pyrrole nitrogens is 1. The Hall–Kier alpha value is -2.72. The predicted octanol–water partition coefficient (Wildman–Crippen LogP) is 5.47. The van der Waals surface area contributed by atoms with Crippen LogP contribution in [0.25, 0.3) is 11.4 Å². The molecule has 0 atom stereocenters. The van der Waals surface area contributed by atoms with Crippen molar-refractivity contribution < 1.29 is 22.3 Å². The lowest BCUT2D eigenvalue weighted by Crippen LogP contribution is -2.24. The summed E-state index contributed by atoms with van der Waals surface area (Å²) in [5.41, 5.74) is 1.34. The van der Waals surface area contributed by atoms with Crippen molar-refractivity contribution in [2.45, 2.75) is 33.4 Å². The first-order valence-corrected chi connectivity index (χ1v) is 10.7. The molecule has 0 aliphatic carbocycles. The molecule has 0 amide bonds. The third-order valence-electron chi connectivity index (χ3n) is 5.18. The van der Waals surface area contributed by atoms with E-state index < -0.39 is 29.0 Å². The molecule has 1 aromatic heterocycles. The van der Waals surface area contributed by atoms with E-state index in [1.807, 2.05) is 4.57 Å². The van der Waals surface area contributed by atoms with Crippen molar-refractivity contribution in [1.29, 1.82) is 0 Å². The summed E-state index contributed by atoms with van der Waals surface area (Å²) in [6.07, 6.45) is 0.912. The monoisotopic (exact) mass is 468 g/mol. The van der Waals surface area contributed by atoms with Crippen LogP contribution in [-0.4, -0.2) is 39.3 Å². The van der Waals surface area contributed by atoms with E-state index in [9.17, 15) is 17.6 Å². The summed E-state index contributed by atoms with van der Waals surface area (Å²) in [5, 5.41) is 7.12. The van der Waals surface area contributed by atoms with Crippen molar-refractivity contribution in [3.8, 4) is 17.1 Å². The van der Waals surface area contributed by atoms with Gasteiger partial charge in [-0.25, -0.2) is 8.78 Å². The number of ether oxygens (including phenoxy) is 1. The number of hydrogen-bond acceptors (Lipinski definition) is 4. The highest BCUT2D eigenvalue weighted by molar-refractivity contribution is 7.71. The molecule has 172 valence electrons. The van der Waals surface area contributed by atoms with Gasteiger partial charge in [-0.15, -0.1) is 0 Å². The van der Waals surface area contributed by atoms with Gasteiger partial charge in [0.2, 0.25) is 11.6 Å². The molecule has 0 radical (unpaired) electrons. The minimum atomic E-state index is -1.57. The van der Waals surface area contributed by atoms with Crippen molar-refractivity contribution in [2.24, 2.45) is 0 Å². The zero-order chi connectivity index (χ0) is 23.3. The molecular formula is C22H24F4N4OS. The molecule has 2 aromatic carbocycles. The number of benzene rings is 2. The molecule has 0 unspecified atom stereocenters. The molecule has 3 rings (SSSR count). The molecule has 1 heterocycles. The number of nitrogens with zero attached hydrogens (tertiary/aromatic N) is 3. The lowest BCUT2D eigenvalue weighted by molar-refractivity contribution is 0.261. The molecule has 10 heteroatoms. The second-order valence-corrected chi connectivity index (χ2v) is 7.55. The van der Waals surface area contributed by atoms with Crippen LogP contribution in [0.15, 0.2) is 30.3 Å². The molecule has 32 heavy (non-hydrogen) atoms. The molecule has 0 aliphatic heterocycles. The van der Waals surface area contributed by atoms with E-state index in [1.54, 1.807) is 24.3 Å². The Balaban J connectivity index is 1.70. The van der Waals surface area contributed by atoms with Crippen molar-refractivity contribution in [3.63, 3.8) is 0 Å². The highest BCUT2D eigenvalue weighted by Gasteiger charge is 2.20. The number of aromatic nitrogens is 3. The summed E-state index contributed by atoms with van der Waals surface area (Å²) in [6.45, 7) is 7.60. The average molecular weight is 469 g/mol. The number of halogens is 4. The Labute approximate surface area is 188 Å². The van der Waals surface area contributed by atoms with E-state index in [1.165, 1.54) is 0 Å². The first-order valence-electron chi connectivity index (χ1n) is 10.3. The first-order chi connectivity index (χ1) is 15.3. The highest BCUT2D eigenvalue weighted by atomic mass is 32.1. The standard InChI is InChI=1S/C22H24F4N4OS/c1-3-29(4-2)10-5-11-30-21(27-28-22(30)32)15-8-6-14(7-9-15)13-31-20-18(25)16(23)12-17(24)19(20)26/h6-9,12H,3-5,10-11,13H2,1-2H3,(H,28,32). The quantitative estimate of drug-likeness (QED) is 0.243. The second-order valence-electron chi connectivity index (χ2n) is 7.17. The normalized spacial score (nSPS) is 11.3. The number of rotatable bonds is 10. The fourth-order valence-electron chi connectivity index (χ4n) is 3.32. The average Bonchev–Trinajstić information content (AvgIpc) is 3.16.